The molecule has 0 spiro atoms. The fourth-order valence-corrected chi connectivity index (χ4v) is 3.66. The molecule has 0 saturated carbocycles. The lowest BCUT2D eigenvalue weighted by molar-refractivity contribution is -0.131. The van der Waals surface area contributed by atoms with Crippen molar-refractivity contribution in [3.8, 4) is 0 Å². The average Bonchev–Trinajstić information content (AvgIpc) is 2.64. The fraction of sp³-hybridized carbons (Fsp3) is 0. The van der Waals surface area contributed by atoms with E-state index in [0.29, 0.717) is 4.91 Å². The Morgan fingerprint density at radius 1 is 0.760 bits per heavy atom. The number of hydrogen-bond acceptors (Lipinski definition) is 2. The Morgan fingerprint density at radius 2 is 1.24 bits per heavy atom. The average molecular weight is 411 g/mol. The Morgan fingerprint density at radius 3 is 1.68 bits per heavy atom. The van der Waals surface area contributed by atoms with Gasteiger partial charge < -0.3 is 5.11 Å². The Labute approximate surface area is 159 Å². The van der Waals surface area contributed by atoms with Gasteiger partial charge in [-0.1, -0.05) is 88.4 Å². The van der Waals surface area contributed by atoms with Crippen LogP contribution < -0.4 is 0 Å². The summed E-state index contributed by atoms with van der Waals surface area (Å²) in [5.74, 6) is -0.935. The van der Waals surface area contributed by atoms with E-state index in [1.54, 1.807) is 0 Å². The van der Waals surface area contributed by atoms with Gasteiger partial charge in [0, 0.05) is 14.9 Å². The van der Waals surface area contributed by atoms with Crippen LogP contribution in [0, 0.1) is 0 Å². The summed E-state index contributed by atoms with van der Waals surface area (Å²) in [7, 11) is 0. The van der Waals surface area contributed by atoms with E-state index in [9.17, 15) is 9.90 Å². The lowest BCUT2D eigenvalue weighted by atomic mass is 9.97. The summed E-state index contributed by atoms with van der Waals surface area (Å²) in [5, 5.41) is 9.89. The molecule has 0 amide bonds. The second-order valence-electron chi connectivity index (χ2n) is 5.30. The highest BCUT2D eigenvalue weighted by molar-refractivity contribution is 9.10. The highest BCUT2D eigenvalue weighted by Gasteiger charge is 2.19. The molecule has 0 unspecified atom stereocenters. The molecule has 2 nitrogen and oxygen atoms in total. The SMILES string of the molecule is O=C(O)C(Sc1ccc(Br)cc1)=C(c1ccccc1)c1ccccc1. The number of carboxylic acid groups (broad SMARTS) is 1. The number of hydrogen-bond donors (Lipinski definition) is 1. The second kappa shape index (κ2) is 8.19. The van der Waals surface area contributed by atoms with Crippen molar-refractivity contribution in [1.82, 2.24) is 0 Å². The standard InChI is InChI=1S/C21H15BrO2S/c22-17-11-13-18(14-12-17)25-20(21(23)24)19(15-7-3-1-4-8-15)16-9-5-2-6-10-16/h1-14H,(H,23,24). The Bertz CT molecular complexity index is 847. The number of halogens is 1. The first-order valence-electron chi connectivity index (χ1n) is 7.67. The number of benzene rings is 3. The van der Waals surface area contributed by atoms with Gasteiger partial charge in [-0.05, 0) is 35.4 Å². The lowest BCUT2D eigenvalue weighted by Crippen LogP contribution is -2.03. The summed E-state index contributed by atoms with van der Waals surface area (Å²) in [6.45, 7) is 0. The minimum Gasteiger partial charge on any atom is -0.477 e. The van der Waals surface area contributed by atoms with Crippen LogP contribution in [0.15, 0.2) is 99.2 Å². The molecule has 3 aromatic carbocycles. The second-order valence-corrected chi connectivity index (χ2v) is 7.30. The van der Waals surface area contributed by atoms with Crippen LogP contribution in [0.1, 0.15) is 11.1 Å². The van der Waals surface area contributed by atoms with E-state index in [1.165, 1.54) is 11.8 Å². The molecule has 4 heteroatoms. The van der Waals surface area contributed by atoms with Gasteiger partial charge in [0.05, 0.1) is 0 Å². The molecule has 0 bridgehead atoms. The molecule has 25 heavy (non-hydrogen) atoms. The van der Waals surface area contributed by atoms with Crippen molar-refractivity contribution in [2.75, 3.05) is 0 Å². The third kappa shape index (κ3) is 4.41. The van der Waals surface area contributed by atoms with Crippen LogP contribution in [0.2, 0.25) is 0 Å². The van der Waals surface area contributed by atoms with E-state index in [2.05, 4.69) is 15.9 Å². The van der Waals surface area contributed by atoms with Gasteiger partial charge in [-0.2, -0.15) is 0 Å². The van der Waals surface area contributed by atoms with Crippen LogP contribution in [0.3, 0.4) is 0 Å². The molecule has 0 aliphatic carbocycles. The predicted octanol–water partition coefficient (Wildman–Crippen LogP) is 6.09. The van der Waals surface area contributed by atoms with Crippen LogP contribution in [-0.2, 0) is 4.79 Å². The zero-order valence-corrected chi connectivity index (χ0v) is 15.6. The number of rotatable bonds is 5. The number of carboxylic acids is 1. The molecule has 0 atom stereocenters. The van der Waals surface area contributed by atoms with E-state index in [0.717, 1.165) is 26.1 Å². The Balaban J connectivity index is 2.17. The highest BCUT2D eigenvalue weighted by Crippen LogP contribution is 2.37. The van der Waals surface area contributed by atoms with Crippen molar-refractivity contribution >= 4 is 39.2 Å². The molecule has 0 aliphatic rings. The smallest absolute Gasteiger partial charge is 0.343 e. The summed E-state index contributed by atoms with van der Waals surface area (Å²) < 4.78 is 0.962. The first-order valence-corrected chi connectivity index (χ1v) is 9.28. The monoisotopic (exact) mass is 410 g/mol. The predicted molar refractivity (Wildman–Crippen MR) is 107 cm³/mol. The van der Waals surface area contributed by atoms with Crippen LogP contribution >= 0.6 is 27.7 Å². The van der Waals surface area contributed by atoms with Gasteiger partial charge in [-0.25, -0.2) is 4.79 Å². The minimum absolute atomic E-state index is 0.305. The van der Waals surface area contributed by atoms with Gasteiger partial charge >= 0.3 is 5.97 Å². The van der Waals surface area contributed by atoms with E-state index in [-0.39, 0.29) is 0 Å². The topological polar surface area (TPSA) is 37.3 Å². The van der Waals surface area contributed by atoms with Gasteiger partial charge in [-0.3, -0.25) is 0 Å². The summed E-state index contributed by atoms with van der Waals surface area (Å²) in [6, 6.07) is 26.9. The molecule has 0 saturated heterocycles. The van der Waals surface area contributed by atoms with E-state index < -0.39 is 5.97 Å². The van der Waals surface area contributed by atoms with Gasteiger partial charge in [-0.15, -0.1) is 0 Å². The number of carbonyl (C=O) groups is 1. The molecule has 0 heterocycles. The van der Waals surface area contributed by atoms with Gasteiger partial charge in [0.25, 0.3) is 0 Å². The number of aliphatic carboxylic acids is 1. The maximum Gasteiger partial charge on any atom is 0.343 e. The van der Waals surface area contributed by atoms with E-state index in [4.69, 9.17) is 0 Å². The first kappa shape index (κ1) is 17.5. The van der Waals surface area contributed by atoms with Crippen LogP contribution in [-0.4, -0.2) is 11.1 Å². The van der Waals surface area contributed by atoms with Gasteiger partial charge in [0.1, 0.15) is 4.91 Å². The molecule has 1 N–H and O–H groups in total. The maximum atomic E-state index is 12.1. The summed E-state index contributed by atoms with van der Waals surface area (Å²) in [5.41, 5.74) is 2.49. The normalized spacial score (nSPS) is 10.3. The first-order chi connectivity index (χ1) is 12.1. The van der Waals surface area contributed by atoms with Crippen LogP contribution in [0.25, 0.3) is 5.57 Å². The van der Waals surface area contributed by atoms with Crippen LogP contribution in [0.5, 0.6) is 0 Å². The van der Waals surface area contributed by atoms with Crippen molar-refractivity contribution in [3.05, 3.63) is 105 Å². The summed E-state index contributed by atoms with van der Waals surface area (Å²) in [6.07, 6.45) is 0. The molecule has 0 radical (unpaired) electrons. The zero-order valence-electron chi connectivity index (χ0n) is 13.2. The maximum absolute atomic E-state index is 12.1. The molecule has 3 aromatic rings. The third-order valence-electron chi connectivity index (χ3n) is 3.58. The van der Waals surface area contributed by atoms with Gasteiger partial charge in [0.2, 0.25) is 0 Å². The molecule has 0 fully saturated rings. The van der Waals surface area contributed by atoms with Crippen molar-refractivity contribution < 1.29 is 9.90 Å². The van der Waals surface area contributed by atoms with Crippen molar-refractivity contribution in [2.24, 2.45) is 0 Å². The lowest BCUT2D eigenvalue weighted by Gasteiger charge is -2.13. The van der Waals surface area contributed by atoms with E-state index in [1.807, 2.05) is 84.9 Å². The Hall–Kier alpha value is -2.30. The summed E-state index contributed by atoms with van der Waals surface area (Å²) in [4.78, 5) is 13.3. The molecule has 124 valence electrons. The zero-order chi connectivity index (χ0) is 17.6. The van der Waals surface area contributed by atoms with E-state index >= 15 is 0 Å². The molecule has 0 aromatic heterocycles. The third-order valence-corrected chi connectivity index (χ3v) is 5.20. The number of thioether (sulfide) groups is 1. The van der Waals surface area contributed by atoms with Crippen molar-refractivity contribution in [3.63, 3.8) is 0 Å². The molecule has 0 aliphatic heterocycles. The highest BCUT2D eigenvalue weighted by atomic mass is 79.9. The summed E-state index contributed by atoms with van der Waals surface area (Å²) >= 11 is 4.67. The van der Waals surface area contributed by atoms with Crippen molar-refractivity contribution in [1.29, 1.82) is 0 Å². The van der Waals surface area contributed by atoms with Crippen molar-refractivity contribution in [2.45, 2.75) is 4.90 Å². The minimum atomic E-state index is -0.935. The molecular formula is C21H15BrO2S. The largest absolute Gasteiger partial charge is 0.477 e. The fourth-order valence-electron chi connectivity index (χ4n) is 2.46. The Kier molecular flexibility index (Phi) is 5.74. The molecule has 3 rings (SSSR count). The molecular weight excluding hydrogens is 396 g/mol. The van der Waals surface area contributed by atoms with Gasteiger partial charge in [0.15, 0.2) is 0 Å². The van der Waals surface area contributed by atoms with Crippen LogP contribution in [0.4, 0.5) is 0 Å². The quantitative estimate of drug-likeness (QED) is 0.408.